The number of ether oxygens (including phenoxy) is 1. The highest BCUT2D eigenvalue weighted by molar-refractivity contribution is 5.39. The third kappa shape index (κ3) is 3.71. The number of aliphatic hydroxyl groups is 2. The number of aromatic hydroxyl groups is 1. The second kappa shape index (κ2) is 8.27. The SMILES string of the molecule is CC1(C)O[C@@]23CC[C@H]1[C@@](N)(CCO)[C@@H]2C#CCc1cc(O)ccc1C[C@@H]1C[C@@H](CO)C[C@H]3C1. The summed E-state index contributed by atoms with van der Waals surface area (Å²) in [6, 6.07) is 5.66. The average Bonchev–Trinajstić information content (AvgIpc) is 2.77. The van der Waals surface area contributed by atoms with Crippen LogP contribution < -0.4 is 5.73 Å². The molecule has 2 heterocycles. The van der Waals surface area contributed by atoms with Crippen LogP contribution in [0.4, 0.5) is 0 Å². The second-order valence-electron chi connectivity index (χ2n) is 11.7. The van der Waals surface area contributed by atoms with E-state index in [-0.39, 0.29) is 48.2 Å². The molecule has 0 aromatic heterocycles. The number of fused-ring (bicyclic) bond motifs is 5. The lowest BCUT2D eigenvalue weighted by Crippen LogP contribution is -2.77. The highest BCUT2D eigenvalue weighted by Gasteiger charge is 2.68. The number of aliphatic hydroxyl groups excluding tert-OH is 2. The minimum Gasteiger partial charge on any atom is -0.508 e. The van der Waals surface area contributed by atoms with Gasteiger partial charge in [-0.2, -0.15) is 0 Å². The summed E-state index contributed by atoms with van der Waals surface area (Å²) in [6.07, 6.45) is 6.92. The Morgan fingerprint density at radius 3 is 2.70 bits per heavy atom. The van der Waals surface area contributed by atoms with Gasteiger partial charge in [-0.25, -0.2) is 0 Å². The van der Waals surface area contributed by atoms with Crippen LogP contribution in [0.2, 0.25) is 0 Å². The van der Waals surface area contributed by atoms with Gasteiger partial charge in [0.1, 0.15) is 5.75 Å². The maximum atomic E-state index is 10.2. The van der Waals surface area contributed by atoms with Crippen molar-refractivity contribution in [3.8, 4) is 17.6 Å². The quantitative estimate of drug-likeness (QED) is 0.527. The van der Waals surface area contributed by atoms with Crippen molar-refractivity contribution in [3.63, 3.8) is 0 Å². The molecular formula is C28H39NO4. The molecule has 4 fully saturated rings. The Hall–Kier alpha value is -1.58. The third-order valence-electron chi connectivity index (χ3n) is 9.41. The van der Waals surface area contributed by atoms with Gasteiger partial charge in [0.2, 0.25) is 0 Å². The summed E-state index contributed by atoms with van der Waals surface area (Å²) in [5, 5.41) is 30.4. The largest absolute Gasteiger partial charge is 0.508 e. The van der Waals surface area contributed by atoms with Gasteiger partial charge in [-0.05, 0) is 99.8 Å². The molecule has 5 nitrogen and oxygen atoms in total. The van der Waals surface area contributed by atoms with Gasteiger partial charge in [0.05, 0.1) is 17.1 Å². The van der Waals surface area contributed by atoms with Crippen molar-refractivity contribution < 1.29 is 20.1 Å². The zero-order valence-corrected chi connectivity index (χ0v) is 20.0. The molecule has 0 radical (unpaired) electrons. The first-order chi connectivity index (χ1) is 15.7. The molecule has 1 aromatic carbocycles. The lowest BCUT2D eigenvalue weighted by atomic mass is 9.48. The number of phenolic OH excluding ortho intramolecular Hbond substituents is 1. The van der Waals surface area contributed by atoms with Crippen molar-refractivity contribution in [1.82, 2.24) is 0 Å². The number of nitrogens with two attached hydrogens (primary N) is 1. The van der Waals surface area contributed by atoms with Gasteiger partial charge in [-0.3, -0.25) is 0 Å². The van der Waals surface area contributed by atoms with Crippen LogP contribution in [0.3, 0.4) is 0 Å². The second-order valence-corrected chi connectivity index (χ2v) is 11.7. The summed E-state index contributed by atoms with van der Waals surface area (Å²) in [7, 11) is 0. The molecule has 7 atom stereocenters. The van der Waals surface area contributed by atoms with Gasteiger partial charge in [0.15, 0.2) is 0 Å². The molecule has 5 aliphatic rings. The molecule has 2 aliphatic heterocycles. The Kier molecular flexibility index (Phi) is 5.81. The molecule has 0 amide bonds. The highest BCUT2D eigenvalue weighted by atomic mass is 16.5. The molecule has 6 rings (SSSR count). The molecule has 4 bridgehead atoms. The summed E-state index contributed by atoms with van der Waals surface area (Å²) < 4.78 is 7.07. The van der Waals surface area contributed by atoms with E-state index in [0.29, 0.717) is 18.8 Å². The first-order valence-electron chi connectivity index (χ1n) is 12.7. The smallest absolute Gasteiger partial charge is 0.115 e. The minimum atomic E-state index is -0.612. The predicted octanol–water partition coefficient (Wildman–Crippen LogP) is 3.17. The van der Waals surface area contributed by atoms with Gasteiger partial charge in [-0.15, -0.1) is 0 Å². The van der Waals surface area contributed by atoms with E-state index >= 15 is 0 Å². The van der Waals surface area contributed by atoms with Crippen LogP contribution in [0.15, 0.2) is 18.2 Å². The minimum absolute atomic E-state index is 0.0423. The van der Waals surface area contributed by atoms with Crippen LogP contribution in [-0.4, -0.2) is 45.3 Å². The van der Waals surface area contributed by atoms with E-state index in [1.807, 2.05) is 12.1 Å². The third-order valence-corrected chi connectivity index (χ3v) is 9.41. The zero-order valence-electron chi connectivity index (χ0n) is 20.0. The normalized spacial score (nSPS) is 41.2. The number of hydrogen-bond donors (Lipinski definition) is 4. The Morgan fingerprint density at radius 2 is 1.97 bits per heavy atom. The van der Waals surface area contributed by atoms with Crippen LogP contribution in [0.5, 0.6) is 5.75 Å². The molecule has 1 aromatic rings. The van der Waals surface area contributed by atoms with E-state index < -0.39 is 11.1 Å². The summed E-state index contributed by atoms with van der Waals surface area (Å²) in [6.45, 7) is 4.56. The molecule has 5 N–H and O–H groups in total. The monoisotopic (exact) mass is 453 g/mol. The van der Waals surface area contributed by atoms with Crippen molar-refractivity contribution >= 4 is 0 Å². The van der Waals surface area contributed by atoms with Crippen molar-refractivity contribution in [2.24, 2.45) is 35.3 Å². The van der Waals surface area contributed by atoms with E-state index in [0.717, 1.165) is 44.1 Å². The number of rotatable bonds is 3. The fourth-order valence-electron chi connectivity index (χ4n) is 8.21. The predicted molar refractivity (Wildman–Crippen MR) is 127 cm³/mol. The summed E-state index contributed by atoms with van der Waals surface area (Å²) in [5.74, 6) is 8.23. The van der Waals surface area contributed by atoms with E-state index in [9.17, 15) is 15.3 Å². The van der Waals surface area contributed by atoms with Crippen LogP contribution in [-0.2, 0) is 17.6 Å². The maximum absolute atomic E-state index is 10.2. The first-order valence-corrected chi connectivity index (χ1v) is 12.7. The molecule has 33 heavy (non-hydrogen) atoms. The fraction of sp³-hybridized carbons (Fsp3) is 0.714. The molecule has 5 heteroatoms. The van der Waals surface area contributed by atoms with E-state index in [2.05, 4.69) is 25.7 Å². The molecule has 3 aliphatic carbocycles. The number of phenols is 1. The van der Waals surface area contributed by atoms with Crippen LogP contribution in [0.25, 0.3) is 0 Å². The average molecular weight is 454 g/mol. The van der Waals surface area contributed by atoms with Crippen molar-refractivity contribution in [3.05, 3.63) is 29.3 Å². The lowest BCUT2D eigenvalue weighted by molar-refractivity contribution is -0.307. The van der Waals surface area contributed by atoms with E-state index in [1.54, 1.807) is 6.07 Å². The Bertz CT molecular complexity index is 964. The highest BCUT2D eigenvalue weighted by Crippen LogP contribution is 2.62. The molecular weight excluding hydrogens is 414 g/mol. The zero-order chi connectivity index (χ0) is 23.4. The summed E-state index contributed by atoms with van der Waals surface area (Å²) >= 11 is 0. The Morgan fingerprint density at radius 1 is 1.15 bits per heavy atom. The standard InChI is InChI=1S/C28H39NO4/c1-26(2)24-8-9-28(33-26)22-14-18(12-19(15-22)17-31)13-21-6-7-23(32)16-20(21)4-3-5-25(28)27(24,29)10-11-30/h6-7,16,18-19,22,24-25,30-32H,4,8-15,17,29H2,1-2H3/t18-,19+,22+,24+,25-,27-,28+/m0/s1. The van der Waals surface area contributed by atoms with Gasteiger partial charge in [-0.1, -0.05) is 17.9 Å². The van der Waals surface area contributed by atoms with E-state index in [4.69, 9.17) is 10.5 Å². The summed E-state index contributed by atoms with van der Waals surface area (Å²) in [4.78, 5) is 0. The van der Waals surface area contributed by atoms with Crippen LogP contribution in [0, 0.1) is 41.4 Å². The van der Waals surface area contributed by atoms with Gasteiger partial charge >= 0.3 is 0 Å². The van der Waals surface area contributed by atoms with Crippen molar-refractivity contribution in [2.45, 2.75) is 82.0 Å². The molecule has 0 unspecified atom stereocenters. The topological polar surface area (TPSA) is 95.9 Å². The number of hydrogen-bond acceptors (Lipinski definition) is 5. The number of benzene rings is 1. The molecule has 1 spiro atoms. The van der Waals surface area contributed by atoms with Gasteiger partial charge < -0.3 is 25.8 Å². The van der Waals surface area contributed by atoms with Crippen LogP contribution >= 0.6 is 0 Å². The van der Waals surface area contributed by atoms with Gasteiger partial charge in [0.25, 0.3) is 0 Å². The lowest BCUT2D eigenvalue weighted by Gasteiger charge is -2.68. The molecule has 2 saturated carbocycles. The molecule has 2 saturated heterocycles. The van der Waals surface area contributed by atoms with Gasteiger partial charge in [0, 0.05) is 31.1 Å². The van der Waals surface area contributed by atoms with Crippen molar-refractivity contribution in [1.29, 1.82) is 0 Å². The van der Waals surface area contributed by atoms with E-state index in [1.165, 1.54) is 5.56 Å². The first kappa shape index (κ1) is 23.2. The van der Waals surface area contributed by atoms with Crippen molar-refractivity contribution in [2.75, 3.05) is 13.2 Å². The maximum Gasteiger partial charge on any atom is 0.115 e. The fourth-order valence-corrected chi connectivity index (χ4v) is 8.21. The summed E-state index contributed by atoms with van der Waals surface area (Å²) in [5.41, 5.74) is 8.12. The Balaban J connectivity index is 1.66. The molecule has 180 valence electrons. The van der Waals surface area contributed by atoms with Crippen LogP contribution in [0.1, 0.15) is 63.5 Å². The Labute approximate surface area is 197 Å².